The average molecular weight is 310 g/mol. The average Bonchev–Trinajstić information content (AvgIpc) is 2.54. The summed E-state index contributed by atoms with van der Waals surface area (Å²) >= 11 is 0. The fourth-order valence-corrected chi connectivity index (χ4v) is 3.04. The summed E-state index contributed by atoms with van der Waals surface area (Å²) in [5.74, 6) is 0. The summed E-state index contributed by atoms with van der Waals surface area (Å²) < 4.78 is 0. The SMILES string of the molecule is CCCCCCCCCCCCCCCCCCC/C=[C]\O. The maximum Gasteiger partial charge on any atom is 0.152 e. The minimum absolute atomic E-state index is 0.981. The minimum Gasteiger partial charge on any atom is -0.504 e. The molecule has 22 heavy (non-hydrogen) atoms. The summed E-state index contributed by atoms with van der Waals surface area (Å²) in [7, 11) is 0. The van der Waals surface area contributed by atoms with Crippen LogP contribution in [0.25, 0.3) is 0 Å². The van der Waals surface area contributed by atoms with E-state index in [0.29, 0.717) is 0 Å². The Bertz CT molecular complexity index is 210. The van der Waals surface area contributed by atoms with E-state index in [-0.39, 0.29) is 0 Å². The highest BCUT2D eigenvalue weighted by Crippen LogP contribution is 2.14. The van der Waals surface area contributed by atoms with Gasteiger partial charge in [-0.15, -0.1) is 0 Å². The highest BCUT2D eigenvalue weighted by molar-refractivity contribution is 4.65. The number of unbranched alkanes of at least 4 members (excludes halogenated alkanes) is 17. The normalized spacial score (nSPS) is 11.5. The van der Waals surface area contributed by atoms with E-state index in [0.717, 1.165) is 6.42 Å². The van der Waals surface area contributed by atoms with Crippen LogP contribution in [-0.2, 0) is 0 Å². The molecule has 0 saturated heterocycles. The van der Waals surface area contributed by atoms with Gasteiger partial charge in [-0.05, 0) is 18.9 Å². The topological polar surface area (TPSA) is 20.2 Å². The highest BCUT2D eigenvalue weighted by atomic mass is 16.2. The van der Waals surface area contributed by atoms with Gasteiger partial charge < -0.3 is 5.11 Å². The first-order valence-corrected chi connectivity index (χ1v) is 10.1. The van der Waals surface area contributed by atoms with Gasteiger partial charge in [-0.2, -0.15) is 0 Å². The molecule has 0 atom stereocenters. The van der Waals surface area contributed by atoms with Crippen molar-refractivity contribution in [3.05, 3.63) is 12.3 Å². The van der Waals surface area contributed by atoms with E-state index < -0.39 is 0 Å². The van der Waals surface area contributed by atoms with Crippen molar-refractivity contribution >= 4 is 0 Å². The van der Waals surface area contributed by atoms with Gasteiger partial charge >= 0.3 is 0 Å². The van der Waals surface area contributed by atoms with Crippen molar-refractivity contribution in [2.24, 2.45) is 0 Å². The van der Waals surface area contributed by atoms with E-state index in [1.807, 2.05) is 0 Å². The molecular weight excluding hydrogens is 268 g/mol. The fraction of sp³-hybridized carbons (Fsp3) is 0.905. The van der Waals surface area contributed by atoms with Crippen molar-refractivity contribution in [2.45, 2.75) is 122 Å². The van der Waals surface area contributed by atoms with Gasteiger partial charge in [-0.25, -0.2) is 0 Å². The van der Waals surface area contributed by atoms with Crippen LogP contribution in [0, 0.1) is 6.26 Å². The monoisotopic (exact) mass is 309 g/mol. The van der Waals surface area contributed by atoms with Crippen molar-refractivity contribution in [2.75, 3.05) is 0 Å². The molecule has 0 fully saturated rings. The largest absolute Gasteiger partial charge is 0.504 e. The predicted octanol–water partition coefficient (Wildman–Crippen LogP) is 7.90. The Morgan fingerprint density at radius 3 is 1.18 bits per heavy atom. The number of rotatable bonds is 18. The first kappa shape index (κ1) is 21.5. The van der Waals surface area contributed by atoms with Crippen LogP contribution in [-0.4, -0.2) is 5.11 Å². The molecule has 0 rings (SSSR count). The summed E-state index contributed by atoms with van der Waals surface area (Å²) in [6.07, 6.45) is 28.8. The van der Waals surface area contributed by atoms with Crippen LogP contribution in [0.3, 0.4) is 0 Å². The third-order valence-electron chi connectivity index (χ3n) is 4.54. The second-order valence-electron chi connectivity index (χ2n) is 6.78. The summed E-state index contributed by atoms with van der Waals surface area (Å²) in [5, 5.41) is 8.40. The van der Waals surface area contributed by atoms with Crippen LogP contribution in [0.15, 0.2) is 6.08 Å². The van der Waals surface area contributed by atoms with E-state index in [1.54, 1.807) is 6.08 Å². The van der Waals surface area contributed by atoms with E-state index in [9.17, 15) is 0 Å². The first-order valence-electron chi connectivity index (χ1n) is 10.1. The van der Waals surface area contributed by atoms with Gasteiger partial charge in [0.1, 0.15) is 0 Å². The third kappa shape index (κ3) is 19.5. The Balaban J connectivity index is 2.94. The molecule has 1 N–H and O–H groups in total. The molecule has 0 unspecified atom stereocenters. The van der Waals surface area contributed by atoms with Crippen molar-refractivity contribution < 1.29 is 5.11 Å². The van der Waals surface area contributed by atoms with Crippen molar-refractivity contribution in [1.82, 2.24) is 0 Å². The Kier molecular flexibility index (Phi) is 20.1. The molecule has 0 aliphatic heterocycles. The Labute approximate surface area is 140 Å². The molecule has 0 bridgehead atoms. The lowest BCUT2D eigenvalue weighted by atomic mass is 10.0. The van der Waals surface area contributed by atoms with Crippen LogP contribution in [0.2, 0.25) is 0 Å². The van der Waals surface area contributed by atoms with Gasteiger partial charge in [-0.3, -0.25) is 0 Å². The van der Waals surface area contributed by atoms with Crippen LogP contribution in [0.5, 0.6) is 0 Å². The third-order valence-corrected chi connectivity index (χ3v) is 4.54. The van der Waals surface area contributed by atoms with Crippen LogP contribution in [0.4, 0.5) is 0 Å². The van der Waals surface area contributed by atoms with E-state index in [2.05, 4.69) is 13.2 Å². The molecule has 1 radical (unpaired) electrons. The van der Waals surface area contributed by atoms with Crippen molar-refractivity contribution in [3.63, 3.8) is 0 Å². The number of aliphatic hydroxyl groups is 1. The molecular formula is C21H41O. The summed E-state index contributed by atoms with van der Waals surface area (Å²) in [6.45, 7) is 2.29. The smallest absolute Gasteiger partial charge is 0.152 e. The van der Waals surface area contributed by atoms with E-state index in [1.165, 1.54) is 109 Å². The van der Waals surface area contributed by atoms with Crippen molar-refractivity contribution in [1.29, 1.82) is 0 Å². The van der Waals surface area contributed by atoms with Gasteiger partial charge in [0.15, 0.2) is 6.26 Å². The Morgan fingerprint density at radius 1 is 0.545 bits per heavy atom. The predicted molar refractivity (Wildman–Crippen MR) is 99.2 cm³/mol. The van der Waals surface area contributed by atoms with Gasteiger partial charge in [0.25, 0.3) is 0 Å². The Morgan fingerprint density at radius 2 is 0.864 bits per heavy atom. The summed E-state index contributed by atoms with van der Waals surface area (Å²) in [5.41, 5.74) is 0. The molecule has 0 spiro atoms. The lowest BCUT2D eigenvalue weighted by Gasteiger charge is -2.03. The molecule has 1 nitrogen and oxygen atoms in total. The van der Waals surface area contributed by atoms with Gasteiger partial charge in [-0.1, -0.05) is 110 Å². The molecule has 0 heterocycles. The number of aliphatic hydroxyl groups excluding tert-OH is 1. The van der Waals surface area contributed by atoms with Crippen LogP contribution >= 0.6 is 0 Å². The summed E-state index contributed by atoms with van der Waals surface area (Å²) in [4.78, 5) is 0. The van der Waals surface area contributed by atoms with Crippen LogP contribution in [0.1, 0.15) is 122 Å². The molecule has 0 aromatic heterocycles. The lowest BCUT2D eigenvalue weighted by molar-refractivity contribution is 0.438. The van der Waals surface area contributed by atoms with E-state index in [4.69, 9.17) is 5.11 Å². The second-order valence-corrected chi connectivity index (χ2v) is 6.78. The van der Waals surface area contributed by atoms with Gasteiger partial charge in [0.2, 0.25) is 0 Å². The van der Waals surface area contributed by atoms with Crippen molar-refractivity contribution in [3.8, 4) is 0 Å². The first-order chi connectivity index (χ1) is 10.9. The number of allylic oxidation sites excluding steroid dienone is 1. The molecule has 1 heteroatoms. The zero-order valence-corrected chi connectivity index (χ0v) is 15.3. The van der Waals surface area contributed by atoms with E-state index >= 15 is 0 Å². The quantitative estimate of drug-likeness (QED) is 0.201. The molecule has 0 aliphatic carbocycles. The Hall–Kier alpha value is -0.460. The van der Waals surface area contributed by atoms with Gasteiger partial charge in [0, 0.05) is 0 Å². The molecule has 131 valence electrons. The number of hydrogen-bond donors (Lipinski definition) is 1. The fourth-order valence-electron chi connectivity index (χ4n) is 3.04. The minimum atomic E-state index is 0.981. The maximum atomic E-state index is 8.40. The molecule has 0 saturated carbocycles. The standard InChI is InChI=1S/C21H41O/c1-2-3-4-5-6-7-8-9-10-11-12-13-14-15-16-17-18-19-20-21-22/h20,22H,2-19H2,1H3. The molecule has 0 amide bonds. The highest BCUT2D eigenvalue weighted by Gasteiger charge is 1.94. The molecule has 0 aromatic carbocycles. The maximum absolute atomic E-state index is 8.40. The van der Waals surface area contributed by atoms with Crippen LogP contribution < -0.4 is 0 Å². The zero-order chi connectivity index (χ0) is 16.1. The molecule has 0 aliphatic rings. The molecule has 0 aromatic rings. The zero-order valence-electron chi connectivity index (χ0n) is 15.3. The number of hydrogen-bond acceptors (Lipinski definition) is 1. The second kappa shape index (κ2) is 20.5. The van der Waals surface area contributed by atoms with Gasteiger partial charge in [0.05, 0.1) is 0 Å². The summed E-state index contributed by atoms with van der Waals surface area (Å²) in [6, 6.07) is 0. The lowest BCUT2D eigenvalue weighted by Crippen LogP contribution is -1.83.